The third kappa shape index (κ3) is 4.17. The molecule has 240 valence electrons. The molecule has 4 aromatic heterocycles. The van der Waals surface area contributed by atoms with Gasteiger partial charge in [0.05, 0.1) is 24.5 Å². The monoisotopic (exact) mass is 630 g/mol. The third-order valence-electron chi connectivity index (χ3n) is 13.1. The van der Waals surface area contributed by atoms with Crippen molar-refractivity contribution in [3.8, 4) is 22.8 Å². The van der Waals surface area contributed by atoms with Crippen molar-refractivity contribution in [1.82, 2.24) is 29.5 Å². The molecular formula is C42H42N6. The van der Waals surface area contributed by atoms with Crippen LogP contribution in [0.25, 0.3) is 33.5 Å². The second-order valence-corrected chi connectivity index (χ2v) is 16.2. The van der Waals surface area contributed by atoms with Gasteiger partial charge in [-0.25, -0.2) is 0 Å². The van der Waals surface area contributed by atoms with Gasteiger partial charge in [-0.2, -0.15) is 10.2 Å². The summed E-state index contributed by atoms with van der Waals surface area (Å²) in [6, 6.07) is 26.4. The number of hydrogen-bond acceptors (Lipinski definition) is 4. The first-order chi connectivity index (χ1) is 23.2. The Morgan fingerprint density at radius 1 is 0.583 bits per heavy atom. The van der Waals surface area contributed by atoms with E-state index in [0.717, 1.165) is 47.5 Å². The van der Waals surface area contributed by atoms with E-state index in [1.165, 1.54) is 57.3 Å². The molecule has 4 atom stereocenters. The van der Waals surface area contributed by atoms with E-state index in [1.54, 1.807) is 0 Å². The minimum atomic E-state index is 0.408. The van der Waals surface area contributed by atoms with Crippen LogP contribution in [0.3, 0.4) is 0 Å². The highest BCUT2D eigenvalue weighted by Gasteiger charge is 2.53. The fourth-order valence-corrected chi connectivity index (χ4v) is 9.81. The summed E-state index contributed by atoms with van der Waals surface area (Å²) in [6.45, 7) is 11.1. The van der Waals surface area contributed by atoms with Gasteiger partial charge in [-0.05, 0) is 117 Å². The van der Waals surface area contributed by atoms with Crippen molar-refractivity contribution in [3.05, 3.63) is 119 Å². The number of fused-ring (bicyclic) bond motifs is 1. The van der Waals surface area contributed by atoms with E-state index >= 15 is 0 Å². The molecule has 6 aliphatic rings. The molecule has 6 heteroatoms. The number of rotatable bonds is 6. The molecular weight excluding hydrogens is 589 g/mol. The highest BCUT2D eigenvalue weighted by molar-refractivity contribution is 5.89. The molecule has 0 unspecified atom stereocenters. The van der Waals surface area contributed by atoms with E-state index < -0.39 is 0 Å². The summed E-state index contributed by atoms with van der Waals surface area (Å²) in [5, 5.41) is 12.5. The summed E-state index contributed by atoms with van der Waals surface area (Å²) in [5.41, 5.74) is 12.6. The molecule has 48 heavy (non-hydrogen) atoms. The van der Waals surface area contributed by atoms with Crippen molar-refractivity contribution >= 4 is 10.8 Å². The summed E-state index contributed by atoms with van der Waals surface area (Å²) in [5.74, 6) is 2.81. The van der Waals surface area contributed by atoms with Gasteiger partial charge in [-0.1, -0.05) is 76.2 Å². The molecule has 0 spiro atoms. The van der Waals surface area contributed by atoms with Crippen molar-refractivity contribution in [1.29, 1.82) is 0 Å². The first kappa shape index (κ1) is 28.4. The van der Waals surface area contributed by atoms with Crippen molar-refractivity contribution in [2.75, 3.05) is 0 Å². The molecule has 2 fully saturated rings. The zero-order valence-corrected chi connectivity index (χ0v) is 28.3. The molecule has 12 rings (SSSR count). The van der Waals surface area contributed by atoms with Crippen LogP contribution < -0.4 is 0 Å². The van der Waals surface area contributed by atoms with Gasteiger partial charge in [0, 0.05) is 23.8 Å². The van der Waals surface area contributed by atoms with E-state index in [0.29, 0.717) is 35.8 Å². The maximum Gasteiger partial charge on any atom is 0.111 e. The molecule has 0 aliphatic heterocycles. The van der Waals surface area contributed by atoms with Crippen LogP contribution in [0.4, 0.5) is 0 Å². The van der Waals surface area contributed by atoms with Gasteiger partial charge in [0.1, 0.15) is 11.4 Å². The first-order valence-corrected chi connectivity index (χ1v) is 17.8. The Morgan fingerprint density at radius 3 is 1.52 bits per heavy atom. The number of nitrogens with zero attached hydrogens (tertiary/aromatic N) is 6. The molecule has 6 nitrogen and oxygen atoms in total. The third-order valence-corrected chi connectivity index (χ3v) is 13.1. The molecule has 4 heterocycles. The van der Waals surface area contributed by atoms with E-state index in [2.05, 4.69) is 122 Å². The van der Waals surface area contributed by atoms with Gasteiger partial charge in [0.2, 0.25) is 0 Å². The minimum absolute atomic E-state index is 0.408. The zero-order valence-electron chi connectivity index (χ0n) is 28.3. The van der Waals surface area contributed by atoms with Crippen LogP contribution in [0.1, 0.15) is 86.0 Å². The van der Waals surface area contributed by atoms with Crippen LogP contribution in [0.2, 0.25) is 0 Å². The van der Waals surface area contributed by atoms with Gasteiger partial charge in [-0.3, -0.25) is 19.3 Å². The number of hydrogen-bond donors (Lipinski definition) is 0. The number of aromatic nitrogens is 6. The van der Waals surface area contributed by atoms with Crippen LogP contribution in [0.15, 0.2) is 85.2 Å². The Bertz CT molecular complexity index is 2100. The Hall–Kier alpha value is -4.58. The molecule has 4 bridgehead atoms. The fourth-order valence-electron chi connectivity index (χ4n) is 9.81. The lowest BCUT2D eigenvalue weighted by atomic mass is 9.48. The quantitative estimate of drug-likeness (QED) is 0.185. The lowest BCUT2D eigenvalue weighted by molar-refractivity contribution is 0.0170. The Morgan fingerprint density at radius 2 is 1.06 bits per heavy atom. The van der Waals surface area contributed by atoms with Crippen LogP contribution in [0.5, 0.6) is 0 Å². The van der Waals surface area contributed by atoms with Crippen LogP contribution in [-0.2, 0) is 25.9 Å². The summed E-state index contributed by atoms with van der Waals surface area (Å²) >= 11 is 0. The van der Waals surface area contributed by atoms with Gasteiger partial charge in [0.25, 0.3) is 0 Å². The van der Waals surface area contributed by atoms with Crippen LogP contribution in [-0.4, -0.2) is 29.5 Å². The SMILES string of the molecule is CC1(C)[C@H]2Cc3nc(-c4ccn(Cc5cccc6cccc(Cn7ccc(-c8ccc9c(n8)C[C@H]8C[C@@H]9C8(C)C)n7)c56)n4)ccc3[C@@H]1C2. The molecule has 6 aliphatic carbocycles. The largest absolute Gasteiger partial charge is 0.268 e. The Labute approximate surface area is 282 Å². The maximum atomic E-state index is 5.13. The van der Waals surface area contributed by atoms with E-state index in [4.69, 9.17) is 20.2 Å². The topological polar surface area (TPSA) is 61.4 Å². The molecule has 0 radical (unpaired) electrons. The maximum absolute atomic E-state index is 5.13. The number of benzene rings is 2. The Balaban J connectivity index is 0.907. The lowest BCUT2D eigenvalue weighted by Gasteiger charge is -2.56. The second kappa shape index (κ2) is 9.97. The van der Waals surface area contributed by atoms with Crippen LogP contribution >= 0.6 is 0 Å². The van der Waals surface area contributed by atoms with Crippen molar-refractivity contribution in [3.63, 3.8) is 0 Å². The van der Waals surface area contributed by atoms with Crippen molar-refractivity contribution in [2.45, 2.75) is 78.3 Å². The van der Waals surface area contributed by atoms with Crippen LogP contribution in [0, 0.1) is 22.7 Å². The van der Waals surface area contributed by atoms with E-state index in [9.17, 15) is 0 Å². The van der Waals surface area contributed by atoms with Crippen molar-refractivity contribution < 1.29 is 0 Å². The predicted molar refractivity (Wildman–Crippen MR) is 190 cm³/mol. The standard InChI is InChI=1S/C42H42N6/c1-41(2)28-19-32(41)30-11-13-34(43-38(30)21-28)36-15-17-47(45-36)23-26-9-5-7-25-8-6-10-27(40(25)26)24-48-18-16-37(46-48)35-14-12-31-33-20-29(42(33,3)4)22-39(31)44-35/h5-18,28-29,32-33H,19-24H2,1-4H3/t28-,29-,32+,33+/m1/s1. The smallest absolute Gasteiger partial charge is 0.111 e. The highest BCUT2D eigenvalue weighted by atomic mass is 15.3. The zero-order chi connectivity index (χ0) is 32.4. The first-order valence-electron chi connectivity index (χ1n) is 17.8. The van der Waals surface area contributed by atoms with E-state index in [-0.39, 0.29) is 0 Å². The summed E-state index contributed by atoms with van der Waals surface area (Å²) < 4.78 is 4.11. The van der Waals surface area contributed by atoms with Gasteiger partial charge >= 0.3 is 0 Å². The lowest BCUT2D eigenvalue weighted by Crippen LogP contribution is -2.48. The summed E-state index contributed by atoms with van der Waals surface area (Å²) in [6.07, 6.45) is 8.99. The molecule has 2 aromatic carbocycles. The number of pyridine rings is 2. The minimum Gasteiger partial charge on any atom is -0.268 e. The Kier molecular flexibility index (Phi) is 5.91. The van der Waals surface area contributed by atoms with Gasteiger partial charge < -0.3 is 0 Å². The average Bonchev–Trinajstić information content (AvgIpc) is 3.77. The highest BCUT2D eigenvalue weighted by Crippen LogP contribution is 2.62. The normalized spacial score (nSPS) is 24.0. The van der Waals surface area contributed by atoms with Crippen molar-refractivity contribution in [2.24, 2.45) is 22.7 Å². The molecule has 2 saturated carbocycles. The average molecular weight is 631 g/mol. The van der Waals surface area contributed by atoms with Gasteiger partial charge in [0.15, 0.2) is 0 Å². The summed E-state index contributed by atoms with van der Waals surface area (Å²) in [7, 11) is 0. The molecule has 0 N–H and O–H groups in total. The molecule has 6 aromatic rings. The summed E-state index contributed by atoms with van der Waals surface area (Å²) in [4.78, 5) is 10.3. The van der Waals surface area contributed by atoms with Gasteiger partial charge in [-0.15, -0.1) is 0 Å². The molecule has 0 amide bonds. The van der Waals surface area contributed by atoms with E-state index in [1.807, 2.05) is 0 Å². The fraction of sp³-hybridized carbons (Fsp3) is 0.381. The molecule has 0 saturated heterocycles. The second-order valence-electron chi connectivity index (χ2n) is 16.2. The predicted octanol–water partition coefficient (Wildman–Crippen LogP) is 8.83.